The van der Waals surface area contributed by atoms with Gasteiger partial charge in [0, 0.05) is 46.6 Å². The molecule has 0 aromatic heterocycles. The van der Waals surface area contributed by atoms with Gasteiger partial charge in [-0.15, -0.1) is 0 Å². The Balaban J connectivity index is 0.869. The first-order valence-corrected chi connectivity index (χ1v) is 18.7. The van der Waals surface area contributed by atoms with Crippen molar-refractivity contribution in [3.05, 3.63) is 241 Å². The molecule has 0 saturated heterocycles. The summed E-state index contributed by atoms with van der Waals surface area (Å²) < 4.78 is 0. The summed E-state index contributed by atoms with van der Waals surface area (Å²) in [6, 6.07) is 75.2. The zero-order valence-corrected chi connectivity index (χ0v) is 30.9. The number of aliphatic imine (C=N–C) groups is 2. The van der Waals surface area contributed by atoms with Gasteiger partial charge in [-0.1, -0.05) is 133 Å². The number of hydrogen-bond donors (Lipinski definition) is 0. The Morgan fingerprint density at radius 3 is 0.786 bits per heavy atom. The van der Waals surface area contributed by atoms with Crippen molar-refractivity contribution in [2.75, 3.05) is 9.80 Å². The van der Waals surface area contributed by atoms with Crippen molar-refractivity contribution in [3.8, 4) is 0 Å². The van der Waals surface area contributed by atoms with Crippen molar-refractivity contribution in [2.24, 2.45) is 9.98 Å². The van der Waals surface area contributed by atoms with Crippen LogP contribution in [0.1, 0.15) is 22.3 Å². The Hall–Kier alpha value is -7.56. The SMILES string of the molecule is C(=Nc1ccc(/C=C/c2ccc(N=Cc3ccc(N(c4ccccc4)c4ccccc4)cc3)cc2)cc1)c1ccc(N(c2ccccc2)c2ccccc2)cc1. The van der Waals surface area contributed by atoms with Crippen LogP contribution in [0.5, 0.6) is 0 Å². The van der Waals surface area contributed by atoms with Gasteiger partial charge in [0.1, 0.15) is 0 Å². The molecule has 0 spiro atoms. The molecular formula is C52H40N4. The number of nitrogens with zero attached hydrogens (tertiary/aromatic N) is 4. The van der Waals surface area contributed by atoms with Gasteiger partial charge in [0.15, 0.2) is 0 Å². The number of benzene rings is 8. The third kappa shape index (κ3) is 8.96. The molecule has 0 unspecified atom stereocenters. The molecule has 4 heteroatoms. The summed E-state index contributed by atoms with van der Waals surface area (Å²) in [4.78, 5) is 14.0. The third-order valence-corrected chi connectivity index (χ3v) is 9.34. The average Bonchev–Trinajstić information content (AvgIpc) is 3.27. The lowest BCUT2D eigenvalue weighted by atomic mass is 10.1. The number of rotatable bonds is 12. The monoisotopic (exact) mass is 720 g/mol. The van der Waals surface area contributed by atoms with E-state index in [1.165, 1.54) is 0 Å². The second-order valence-electron chi connectivity index (χ2n) is 13.2. The van der Waals surface area contributed by atoms with E-state index in [9.17, 15) is 0 Å². The lowest BCUT2D eigenvalue weighted by molar-refractivity contribution is 1.28. The van der Waals surface area contributed by atoms with Gasteiger partial charge in [0.2, 0.25) is 0 Å². The fourth-order valence-corrected chi connectivity index (χ4v) is 6.46. The minimum absolute atomic E-state index is 0.906. The predicted octanol–water partition coefficient (Wildman–Crippen LogP) is 14.3. The van der Waals surface area contributed by atoms with Crippen LogP contribution in [0.25, 0.3) is 12.2 Å². The molecule has 8 rings (SSSR count). The van der Waals surface area contributed by atoms with E-state index < -0.39 is 0 Å². The Morgan fingerprint density at radius 2 is 0.500 bits per heavy atom. The molecule has 0 saturated carbocycles. The van der Waals surface area contributed by atoms with Crippen LogP contribution in [0.3, 0.4) is 0 Å². The van der Waals surface area contributed by atoms with E-state index in [-0.39, 0.29) is 0 Å². The standard InChI is InChI=1S/C52H40N4/c1-5-13-47(14-6-1)55(48-15-7-2-8-16-48)51-35-27-43(28-36-51)39-53-45-31-23-41(24-32-45)21-22-42-25-33-46(34-26-42)54-40-44-29-37-52(38-30-44)56(49-17-9-3-10-18-49)50-19-11-4-12-20-50/h1-40H/b22-21+,53-39?,54-40?. The van der Waals surface area contributed by atoms with Gasteiger partial charge >= 0.3 is 0 Å². The molecule has 8 aromatic carbocycles. The molecule has 268 valence electrons. The van der Waals surface area contributed by atoms with Crippen LogP contribution in [0, 0.1) is 0 Å². The van der Waals surface area contributed by atoms with Gasteiger partial charge in [-0.25, -0.2) is 0 Å². The van der Waals surface area contributed by atoms with Crippen molar-refractivity contribution >= 4 is 70.1 Å². The normalized spacial score (nSPS) is 11.4. The highest BCUT2D eigenvalue weighted by Crippen LogP contribution is 2.35. The summed E-state index contributed by atoms with van der Waals surface area (Å²) in [5.74, 6) is 0. The summed E-state index contributed by atoms with van der Waals surface area (Å²) in [6.45, 7) is 0. The van der Waals surface area contributed by atoms with Crippen molar-refractivity contribution in [1.82, 2.24) is 0 Å². The van der Waals surface area contributed by atoms with Crippen LogP contribution in [0.4, 0.5) is 45.5 Å². The van der Waals surface area contributed by atoms with Crippen molar-refractivity contribution in [1.29, 1.82) is 0 Å². The highest BCUT2D eigenvalue weighted by atomic mass is 15.1. The Labute approximate surface area is 329 Å². The fraction of sp³-hybridized carbons (Fsp3) is 0. The fourth-order valence-electron chi connectivity index (χ4n) is 6.46. The molecule has 0 aliphatic heterocycles. The molecule has 56 heavy (non-hydrogen) atoms. The highest BCUT2D eigenvalue weighted by Gasteiger charge is 2.12. The third-order valence-electron chi connectivity index (χ3n) is 9.34. The molecular weight excluding hydrogens is 681 g/mol. The molecule has 0 bridgehead atoms. The van der Waals surface area contributed by atoms with Crippen LogP contribution < -0.4 is 9.80 Å². The smallest absolute Gasteiger partial charge is 0.0630 e. The molecule has 0 N–H and O–H groups in total. The second-order valence-corrected chi connectivity index (χ2v) is 13.2. The topological polar surface area (TPSA) is 31.2 Å². The number of para-hydroxylation sites is 4. The zero-order chi connectivity index (χ0) is 37.8. The van der Waals surface area contributed by atoms with Crippen LogP contribution in [0.2, 0.25) is 0 Å². The van der Waals surface area contributed by atoms with E-state index in [2.05, 4.69) is 192 Å². The average molecular weight is 721 g/mol. The van der Waals surface area contributed by atoms with Gasteiger partial charge in [-0.3, -0.25) is 9.98 Å². The lowest BCUT2D eigenvalue weighted by Crippen LogP contribution is -2.09. The molecule has 0 radical (unpaired) electrons. The van der Waals surface area contributed by atoms with E-state index in [0.29, 0.717) is 0 Å². The van der Waals surface area contributed by atoms with E-state index in [0.717, 1.165) is 67.8 Å². The zero-order valence-electron chi connectivity index (χ0n) is 30.9. The van der Waals surface area contributed by atoms with Crippen LogP contribution in [-0.2, 0) is 0 Å². The van der Waals surface area contributed by atoms with E-state index in [1.807, 2.05) is 61.0 Å². The summed E-state index contributed by atoms with van der Waals surface area (Å²) in [7, 11) is 0. The Morgan fingerprint density at radius 1 is 0.250 bits per heavy atom. The van der Waals surface area contributed by atoms with E-state index in [4.69, 9.17) is 9.98 Å². The van der Waals surface area contributed by atoms with Gasteiger partial charge in [0.05, 0.1) is 11.4 Å². The minimum atomic E-state index is 0.906. The van der Waals surface area contributed by atoms with Crippen molar-refractivity contribution < 1.29 is 0 Å². The molecule has 0 aliphatic rings. The Bertz CT molecular complexity index is 2250. The molecule has 8 aromatic rings. The summed E-state index contributed by atoms with van der Waals surface area (Å²) in [5, 5.41) is 0. The molecule has 0 heterocycles. The maximum atomic E-state index is 4.73. The molecule has 4 nitrogen and oxygen atoms in total. The minimum Gasteiger partial charge on any atom is -0.311 e. The number of anilines is 6. The van der Waals surface area contributed by atoms with Crippen LogP contribution >= 0.6 is 0 Å². The first-order valence-electron chi connectivity index (χ1n) is 18.7. The highest BCUT2D eigenvalue weighted by molar-refractivity contribution is 5.86. The molecule has 0 amide bonds. The predicted molar refractivity (Wildman–Crippen MR) is 239 cm³/mol. The summed E-state index contributed by atoms with van der Waals surface area (Å²) in [6.07, 6.45) is 8.06. The maximum absolute atomic E-state index is 4.73. The second kappa shape index (κ2) is 17.5. The molecule has 0 fully saturated rings. The van der Waals surface area contributed by atoms with E-state index >= 15 is 0 Å². The van der Waals surface area contributed by atoms with Crippen molar-refractivity contribution in [2.45, 2.75) is 0 Å². The Kier molecular flexibility index (Phi) is 11.1. The van der Waals surface area contributed by atoms with Gasteiger partial charge in [-0.05, 0) is 119 Å². The summed E-state index contributed by atoms with van der Waals surface area (Å²) >= 11 is 0. The lowest BCUT2D eigenvalue weighted by Gasteiger charge is -2.25. The van der Waals surface area contributed by atoms with Crippen LogP contribution in [0.15, 0.2) is 228 Å². The van der Waals surface area contributed by atoms with Crippen molar-refractivity contribution in [3.63, 3.8) is 0 Å². The van der Waals surface area contributed by atoms with Gasteiger partial charge < -0.3 is 9.80 Å². The molecule has 0 atom stereocenters. The maximum Gasteiger partial charge on any atom is 0.0630 e. The quantitative estimate of drug-likeness (QED) is 0.0929. The van der Waals surface area contributed by atoms with E-state index in [1.54, 1.807) is 0 Å². The van der Waals surface area contributed by atoms with Gasteiger partial charge in [0.25, 0.3) is 0 Å². The van der Waals surface area contributed by atoms with Gasteiger partial charge in [-0.2, -0.15) is 0 Å². The van der Waals surface area contributed by atoms with Crippen LogP contribution in [-0.4, -0.2) is 12.4 Å². The summed E-state index contributed by atoms with van der Waals surface area (Å²) in [5.41, 5.74) is 12.8. The first kappa shape index (κ1) is 35.5. The first-order chi connectivity index (χ1) is 27.7. The molecule has 0 aliphatic carbocycles. The largest absolute Gasteiger partial charge is 0.311 e. The number of hydrogen-bond acceptors (Lipinski definition) is 4.